The highest BCUT2D eigenvalue weighted by Crippen LogP contribution is 1.74. The van der Waals surface area contributed by atoms with E-state index in [4.69, 9.17) is 5.73 Å². The Hall–Kier alpha value is -0.300. The first-order valence-electron chi connectivity index (χ1n) is 2.15. The van der Waals surface area contributed by atoms with E-state index in [9.17, 15) is 0 Å². The van der Waals surface area contributed by atoms with Gasteiger partial charge in [0.05, 0.1) is 0 Å². The third-order valence-corrected chi connectivity index (χ3v) is 0.496. The maximum Gasteiger partial charge on any atom is 0.0194 e. The van der Waals surface area contributed by atoms with Gasteiger partial charge in [-0.05, 0) is 13.8 Å². The van der Waals surface area contributed by atoms with Crippen LogP contribution in [0, 0.1) is 0 Å². The Morgan fingerprint density at radius 1 is 1.67 bits per heavy atom. The lowest BCUT2D eigenvalue weighted by Gasteiger charge is -1.88. The van der Waals surface area contributed by atoms with Crippen LogP contribution in [0.1, 0.15) is 13.8 Å². The predicted molar refractivity (Wildman–Crippen MR) is 28.5 cm³/mol. The second-order valence-electron chi connectivity index (χ2n) is 1.38. The van der Waals surface area contributed by atoms with Crippen LogP contribution in [0.2, 0.25) is 0 Å². The second kappa shape index (κ2) is 2.91. The summed E-state index contributed by atoms with van der Waals surface area (Å²) < 4.78 is 0. The number of nitrogens with two attached hydrogens (primary N) is 1. The Labute approximate surface area is 38.8 Å². The van der Waals surface area contributed by atoms with Gasteiger partial charge in [-0.25, -0.2) is 0 Å². The topological polar surface area (TPSA) is 26.0 Å². The van der Waals surface area contributed by atoms with E-state index in [1.165, 1.54) is 0 Å². The van der Waals surface area contributed by atoms with Gasteiger partial charge in [-0.15, -0.1) is 0 Å². The summed E-state index contributed by atoms with van der Waals surface area (Å²) in [6.45, 7) is 3.91. The van der Waals surface area contributed by atoms with Crippen LogP contribution < -0.4 is 5.73 Å². The standard InChI is InChI=1S/C5H11N/c1-3-4-5(2)6/h3-5H,6H2,1-2H3/b4-3-. The maximum atomic E-state index is 5.32. The van der Waals surface area contributed by atoms with Crippen molar-refractivity contribution in [2.45, 2.75) is 19.9 Å². The molecule has 2 N–H and O–H groups in total. The van der Waals surface area contributed by atoms with Crippen LogP contribution >= 0.6 is 0 Å². The van der Waals surface area contributed by atoms with Crippen molar-refractivity contribution < 1.29 is 0 Å². The zero-order valence-electron chi connectivity index (χ0n) is 4.31. The summed E-state index contributed by atoms with van der Waals surface area (Å²) in [5.41, 5.74) is 5.32. The minimum absolute atomic E-state index is 0.218. The molecule has 1 heteroatoms. The maximum absolute atomic E-state index is 5.32. The average molecular weight is 85.2 g/mol. The highest BCUT2D eigenvalue weighted by atomic mass is 14.6. The zero-order chi connectivity index (χ0) is 4.99. The van der Waals surface area contributed by atoms with Crippen molar-refractivity contribution in [2.75, 3.05) is 0 Å². The van der Waals surface area contributed by atoms with E-state index in [0.717, 1.165) is 0 Å². The van der Waals surface area contributed by atoms with E-state index in [1.807, 2.05) is 26.0 Å². The van der Waals surface area contributed by atoms with E-state index < -0.39 is 0 Å². The molecule has 1 unspecified atom stereocenters. The van der Waals surface area contributed by atoms with Crippen LogP contribution in [0.3, 0.4) is 0 Å². The van der Waals surface area contributed by atoms with Crippen LogP contribution in [0.5, 0.6) is 0 Å². The first-order chi connectivity index (χ1) is 2.77. The molecule has 0 heterocycles. The fourth-order valence-corrected chi connectivity index (χ4v) is 0.304. The van der Waals surface area contributed by atoms with Gasteiger partial charge in [0.25, 0.3) is 0 Å². The van der Waals surface area contributed by atoms with Gasteiger partial charge in [0.15, 0.2) is 0 Å². The first-order valence-corrected chi connectivity index (χ1v) is 2.15. The highest BCUT2D eigenvalue weighted by molar-refractivity contribution is 4.84. The molecule has 0 bridgehead atoms. The lowest BCUT2D eigenvalue weighted by atomic mass is 10.3. The molecule has 36 valence electrons. The fourth-order valence-electron chi connectivity index (χ4n) is 0.304. The van der Waals surface area contributed by atoms with Gasteiger partial charge in [-0.2, -0.15) is 0 Å². The van der Waals surface area contributed by atoms with Crippen LogP contribution in [0.4, 0.5) is 0 Å². The summed E-state index contributed by atoms with van der Waals surface area (Å²) in [6.07, 6.45) is 3.89. The van der Waals surface area contributed by atoms with E-state index in [-0.39, 0.29) is 6.04 Å². The molecule has 0 radical (unpaired) electrons. The van der Waals surface area contributed by atoms with Crippen molar-refractivity contribution in [3.8, 4) is 0 Å². The van der Waals surface area contributed by atoms with Crippen LogP contribution in [-0.4, -0.2) is 6.04 Å². The first kappa shape index (κ1) is 5.70. The number of hydrogen-bond acceptors (Lipinski definition) is 1. The summed E-state index contributed by atoms with van der Waals surface area (Å²) in [5.74, 6) is 0. The molecule has 0 aliphatic carbocycles. The summed E-state index contributed by atoms with van der Waals surface area (Å²) in [5, 5.41) is 0. The number of rotatable bonds is 1. The van der Waals surface area contributed by atoms with Gasteiger partial charge in [0.1, 0.15) is 0 Å². The molecule has 0 saturated carbocycles. The van der Waals surface area contributed by atoms with Crippen LogP contribution in [-0.2, 0) is 0 Å². The van der Waals surface area contributed by atoms with Crippen LogP contribution in [0.15, 0.2) is 12.2 Å². The highest BCUT2D eigenvalue weighted by Gasteiger charge is 1.75. The minimum Gasteiger partial charge on any atom is -0.325 e. The second-order valence-corrected chi connectivity index (χ2v) is 1.38. The molecule has 0 spiro atoms. The molecule has 0 aromatic heterocycles. The Morgan fingerprint density at radius 2 is 2.17 bits per heavy atom. The molecular weight excluding hydrogens is 74.1 g/mol. The Kier molecular flexibility index (Phi) is 2.77. The molecular formula is C5H11N. The van der Waals surface area contributed by atoms with Gasteiger partial charge >= 0.3 is 0 Å². The third-order valence-electron chi connectivity index (χ3n) is 0.496. The molecule has 0 fully saturated rings. The number of allylic oxidation sites excluding steroid dienone is 1. The summed E-state index contributed by atoms with van der Waals surface area (Å²) in [7, 11) is 0. The molecule has 0 saturated heterocycles. The third kappa shape index (κ3) is 3.70. The Morgan fingerprint density at radius 3 is 2.17 bits per heavy atom. The molecule has 0 amide bonds. The average Bonchev–Trinajstić information content (AvgIpc) is 1.35. The monoisotopic (exact) mass is 85.1 g/mol. The smallest absolute Gasteiger partial charge is 0.0194 e. The predicted octanol–water partition coefficient (Wildman–Crippen LogP) is 0.910. The Bertz CT molecular complexity index is 45.9. The molecule has 1 atom stereocenters. The van der Waals surface area contributed by atoms with Gasteiger partial charge in [-0.3, -0.25) is 0 Å². The lowest BCUT2D eigenvalue weighted by Crippen LogP contribution is -2.09. The van der Waals surface area contributed by atoms with E-state index in [1.54, 1.807) is 0 Å². The minimum atomic E-state index is 0.218. The van der Waals surface area contributed by atoms with Gasteiger partial charge in [-0.1, -0.05) is 12.2 Å². The van der Waals surface area contributed by atoms with Crippen molar-refractivity contribution in [1.82, 2.24) is 0 Å². The molecule has 1 nitrogen and oxygen atoms in total. The summed E-state index contributed by atoms with van der Waals surface area (Å²) in [6, 6.07) is 0.218. The van der Waals surface area contributed by atoms with Crippen LogP contribution in [0.25, 0.3) is 0 Å². The largest absolute Gasteiger partial charge is 0.325 e. The molecule has 0 aliphatic rings. The fraction of sp³-hybridized carbons (Fsp3) is 0.600. The molecule has 0 aromatic rings. The van der Waals surface area contributed by atoms with Gasteiger partial charge < -0.3 is 5.73 Å². The lowest BCUT2D eigenvalue weighted by molar-refractivity contribution is 0.924. The van der Waals surface area contributed by atoms with Crippen molar-refractivity contribution in [1.29, 1.82) is 0 Å². The number of hydrogen-bond donors (Lipinski definition) is 1. The SMILES string of the molecule is C/C=C\C(C)N. The Balaban J connectivity index is 3.03. The molecule has 0 aromatic carbocycles. The van der Waals surface area contributed by atoms with E-state index in [0.29, 0.717) is 0 Å². The summed E-state index contributed by atoms with van der Waals surface area (Å²) >= 11 is 0. The van der Waals surface area contributed by atoms with E-state index in [2.05, 4.69) is 0 Å². The van der Waals surface area contributed by atoms with Crippen molar-refractivity contribution in [3.63, 3.8) is 0 Å². The van der Waals surface area contributed by atoms with Crippen molar-refractivity contribution in [2.24, 2.45) is 5.73 Å². The van der Waals surface area contributed by atoms with Gasteiger partial charge in [0.2, 0.25) is 0 Å². The summed E-state index contributed by atoms with van der Waals surface area (Å²) in [4.78, 5) is 0. The molecule has 6 heavy (non-hydrogen) atoms. The molecule has 0 aliphatic heterocycles. The quantitative estimate of drug-likeness (QED) is 0.470. The molecule has 0 rings (SSSR count). The van der Waals surface area contributed by atoms with E-state index >= 15 is 0 Å². The normalized spacial score (nSPS) is 15.8. The van der Waals surface area contributed by atoms with Crippen molar-refractivity contribution >= 4 is 0 Å². The van der Waals surface area contributed by atoms with Crippen molar-refractivity contribution in [3.05, 3.63) is 12.2 Å². The zero-order valence-corrected chi connectivity index (χ0v) is 4.31. The van der Waals surface area contributed by atoms with Gasteiger partial charge in [0, 0.05) is 6.04 Å².